The first kappa shape index (κ1) is 20.7. The molecule has 0 spiro atoms. The molecule has 7 heteroatoms. The van der Waals surface area contributed by atoms with Crippen molar-refractivity contribution >= 4 is 35.7 Å². The van der Waals surface area contributed by atoms with Crippen LogP contribution in [-0.4, -0.2) is 37.1 Å². The number of ether oxygens (including phenoxy) is 1. The molecule has 1 fully saturated rings. The predicted molar refractivity (Wildman–Crippen MR) is 107 cm³/mol. The molecule has 1 aliphatic heterocycles. The van der Waals surface area contributed by atoms with Gasteiger partial charge in [-0.3, -0.25) is 14.6 Å². The van der Waals surface area contributed by atoms with Crippen molar-refractivity contribution in [2.75, 3.05) is 30.4 Å². The predicted octanol–water partition coefficient (Wildman–Crippen LogP) is 3.07. The number of nitrogens with one attached hydrogen (secondary N) is 1. The molecule has 1 amide bonds. The summed E-state index contributed by atoms with van der Waals surface area (Å²) in [6.07, 6.45) is 5.47. The Morgan fingerprint density at radius 3 is 2.33 bits per heavy atom. The van der Waals surface area contributed by atoms with Crippen LogP contribution in [0.2, 0.25) is 0 Å². The Morgan fingerprint density at radius 1 is 1.11 bits per heavy atom. The highest BCUT2D eigenvalue weighted by Gasteiger charge is 2.25. The minimum absolute atomic E-state index is 0. The molecule has 1 saturated heterocycles. The van der Waals surface area contributed by atoms with Gasteiger partial charge in [-0.1, -0.05) is 12.1 Å². The summed E-state index contributed by atoms with van der Waals surface area (Å²) in [7, 11) is 1.37. The number of nitrogens with zero attached hydrogens (tertiary/aromatic N) is 2. The van der Waals surface area contributed by atoms with Gasteiger partial charge in [-0.2, -0.15) is 0 Å². The number of halogens is 1. The topological polar surface area (TPSA) is 71.5 Å². The fraction of sp³-hybridized carbons (Fsp3) is 0.350. The van der Waals surface area contributed by atoms with Gasteiger partial charge in [-0.25, -0.2) is 0 Å². The third-order valence-electron chi connectivity index (χ3n) is 4.69. The summed E-state index contributed by atoms with van der Waals surface area (Å²) < 4.78 is 4.65. The average Bonchev–Trinajstić information content (AvgIpc) is 2.70. The Hall–Kier alpha value is -2.60. The standard InChI is InChI=1S/C20H23N3O3.ClH/c1-26-19(24)14-15-2-4-17(5-3-15)22-20(25)16-8-12-23(13-9-16)18-6-10-21-11-7-18;/h2-7,10-11,16H,8-9,12-14H2,1H3,(H,22,25);1H. The van der Waals surface area contributed by atoms with Gasteiger partial charge in [0, 0.05) is 42.8 Å². The molecule has 27 heavy (non-hydrogen) atoms. The van der Waals surface area contributed by atoms with E-state index in [9.17, 15) is 9.59 Å². The zero-order valence-electron chi connectivity index (χ0n) is 15.3. The smallest absolute Gasteiger partial charge is 0.309 e. The highest BCUT2D eigenvalue weighted by atomic mass is 35.5. The van der Waals surface area contributed by atoms with E-state index in [1.165, 1.54) is 7.11 Å². The Kier molecular flexibility index (Phi) is 7.61. The van der Waals surface area contributed by atoms with E-state index in [1.807, 2.05) is 36.4 Å². The molecule has 0 unspecified atom stereocenters. The van der Waals surface area contributed by atoms with Crippen LogP contribution in [0.3, 0.4) is 0 Å². The van der Waals surface area contributed by atoms with Gasteiger partial charge < -0.3 is 15.0 Å². The van der Waals surface area contributed by atoms with Gasteiger partial charge >= 0.3 is 5.97 Å². The summed E-state index contributed by atoms with van der Waals surface area (Å²) in [5.74, 6) is -0.203. The normalized spacial score (nSPS) is 14.2. The van der Waals surface area contributed by atoms with Gasteiger partial charge in [-0.15, -0.1) is 12.4 Å². The number of methoxy groups -OCH3 is 1. The lowest BCUT2D eigenvalue weighted by Crippen LogP contribution is -2.38. The highest BCUT2D eigenvalue weighted by molar-refractivity contribution is 5.92. The fourth-order valence-corrected chi connectivity index (χ4v) is 3.14. The van der Waals surface area contributed by atoms with Crippen molar-refractivity contribution in [1.29, 1.82) is 0 Å². The second-order valence-corrected chi connectivity index (χ2v) is 6.41. The number of hydrogen-bond donors (Lipinski definition) is 1. The van der Waals surface area contributed by atoms with Gasteiger partial charge in [0.05, 0.1) is 13.5 Å². The average molecular weight is 390 g/mol. The molecular weight excluding hydrogens is 366 g/mol. The first-order valence-electron chi connectivity index (χ1n) is 8.77. The second kappa shape index (κ2) is 9.92. The lowest BCUT2D eigenvalue weighted by Gasteiger charge is -2.32. The molecule has 0 aliphatic carbocycles. The van der Waals surface area contributed by atoms with E-state index >= 15 is 0 Å². The molecule has 2 aromatic rings. The van der Waals surface area contributed by atoms with Crippen molar-refractivity contribution in [3.8, 4) is 0 Å². The Bertz CT molecular complexity index is 745. The molecule has 2 heterocycles. The zero-order chi connectivity index (χ0) is 18.4. The summed E-state index contributed by atoms with van der Waals surface area (Å²) in [4.78, 5) is 30.1. The Labute approximate surface area is 165 Å². The first-order chi connectivity index (χ1) is 12.7. The fourth-order valence-electron chi connectivity index (χ4n) is 3.14. The monoisotopic (exact) mass is 389 g/mol. The van der Waals surface area contributed by atoms with E-state index in [2.05, 4.69) is 19.9 Å². The molecule has 6 nitrogen and oxygen atoms in total. The van der Waals surface area contributed by atoms with Crippen LogP contribution in [0.25, 0.3) is 0 Å². The van der Waals surface area contributed by atoms with Gasteiger partial charge in [0.1, 0.15) is 0 Å². The van der Waals surface area contributed by atoms with Crippen molar-refractivity contribution in [2.24, 2.45) is 5.92 Å². The zero-order valence-corrected chi connectivity index (χ0v) is 16.1. The van der Waals surface area contributed by atoms with Crippen molar-refractivity contribution in [1.82, 2.24) is 4.98 Å². The van der Waals surface area contributed by atoms with Crippen molar-refractivity contribution in [2.45, 2.75) is 19.3 Å². The number of aromatic nitrogens is 1. The van der Waals surface area contributed by atoms with Crippen LogP contribution in [0, 0.1) is 5.92 Å². The third kappa shape index (κ3) is 5.69. The van der Waals surface area contributed by atoms with Crippen molar-refractivity contribution in [3.05, 3.63) is 54.4 Å². The largest absolute Gasteiger partial charge is 0.469 e. The maximum Gasteiger partial charge on any atom is 0.309 e. The van der Waals surface area contributed by atoms with Gasteiger partial charge in [0.25, 0.3) is 0 Å². The molecule has 0 atom stereocenters. The molecule has 0 saturated carbocycles. The number of amides is 1. The molecule has 0 bridgehead atoms. The first-order valence-corrected chi connectivity index (χ1v) is 8.77. The Balaban J connectivity index is 0.00000261. The molecule has 1 aromatic carbocycles. The number of carbonyl (C=O) groups is 2. The Morgan fingerprint density at radius 2 is 1.74 bits per heavy atom. The van der Waals surface area contributed by atoms with E-state index in [-0.39, 0.29) is 36.6 Å². The van der Waals surface area contributed by atoms with E-state index in [4.69, 9.17) is 0 Å². The van der Waals surface area contributed by atoms with Crippen molar-refractivity contribution < 1.29 is 14.3 Å². The summed E-state index contributed by atoms with van der Waals surface area (Å²) in [6, 6.07) is 11.3. The number of rotatable bonds is 5. The van der Waals surface area contributed by atoms with E-state index in [0.717, 1.165) is 42.9 Å². The summed E-state index contributed by atoms with van der Waals surface area (Å²) in [6.45, 7) is 1.72. The summed E-state index contributed by atoms with van der Waals surface area (Å²) >= 11 is 0. The summed E-state index contributed by atoms with van der Waals surface area (Å²) in [5.41, 5.74) is 2.76. The highest BCUT2D eigenvalue weighted by Crippen LogP contribution is 2.24. The molecule has 3 rings (SSSR count). The van der Waals surface area contributed by atoms with E-state index in [0.29, 0.717) is 0 Å². The quantitative estimate of drug-likeness (QED) is 0.795. The maximum atomic E-state index is 12.5. The molecule has 0 radical (unpaired) electrons. The van der Waals surface area contributed by atoms with E-state index in [1.54, 1.807) is 12.4 Å². The van der Waals surface area contributed by atoms with Crippen LogP contribution in [-0.2, 0) is 20.7 Å². The number of anilines is 2. The summed E-state index contributed by atoms with van der Waals surface area (Å²) in [5, 5.41) is 2.98. The number of carbonyl (C=O) groups excluding carboxylic acids is 2. The molecule has 1 N–H and O–H groups in total. The molecule has 1 aromatic heterocycles. The van der Waals surface area contributed by atoms with Crippen LogP contribution in [0.5, 0.6) is 0 Å². The number of esters is 1. The SMILES string of the molecule is COC(=O)Cc1ccc(NC(=O)C2CCN(c3ccncc3)CC2)cc1.Cl. The van der Waals surface area contributed by atoms with Gasteiger partial charge in [-0.05, 0) is 42.7 Å². The number of benzene rings is 1. The van der Waals surface area contributed by atoms with Gasteiger partial charge in [0.2, 0.25) is 5.91 Å². The van der Waals surface area contributed by atoms with E-state index < -0.39 is 0 Å². The number of hydrogen-bond acceptors (Lipinski definition) is 5. The van der Waals surface area contributed by atoms with Gasteiger partial charge in [0.15, 0.2) is 0 Å². The second-order valence-electron chi connectivity index (χ2n) is 6.41. The van der Waals surface area contributed by atoms with Crippen LogP contribution in [0.1, 0.15) is 18.4 Å². The lowest BCUT2D eigenvalue weighted by molar-refractivity contribution is -0.139. The third-order valence-corrected chi connectivity index (χ3v) is 4.69. The van der Waals surface area contributed by atoms with Crippen molar-refractivity contribution in [3.63, 3.8) is 0 Å². The van der Waals surface area contributed by atoms with Crippen LogP contribution < -0.4 is 10.2 Å². The van der Waals surface area contributed by atoms with Crippen LogP contribution >= 0.6 is 12.4 Å². The minimum atomic E-state index is -0.275. The number of piperidine rings is 1. The molecular formula is C20H24ClN3O3. The molecule has 144 valence electrons. The maximum absolute atomic E-state index is 12.5. The minimum Gasteiger partial charge on any atom is -0.469 e. The van der Waals surface area contributed by atoms with Crippen LogP contribution in [0.4, 0.5) is 11.4 Å². The van der Waals surface area contributed by atoms with Crippen LogP contribution in [0.15, 0.2) is 48.8 Å². The molecule has 1 aliphatic rings. The lowest BCUT2D eigenvalue weighted by atomic mass is 9.95. The number of pyridine rings is 1.